The summed E-state index contributed by atoms with van der Waals surface area (Å²) < 4.78 is 15.2. The van der Waals surface area contributed by atoms with Gasteiger partial charge in [-0.25, -0.2) is 4.79 Å². The number of nitrogens with two attached hydrogens (primary N) is 1. The first kappa shape index (κ1) is 20.5. The maximum atomic E-state index is 11.9. The zero-order valence-corrected chi connectivity index (χ0v) is 15.4. The van der Waals surface area contributed by atoms with Crippen molar-refractivity contribution in [3.05, 3.63) is 59.7 Å². The maximum absolute atomic E-state index is 11.9. The van der Waals surface area contributed by atoms with Gasteiger partial charge < -0.3 is 25.3 Å². The second kappa shape index (κ2) is 9.77. The van der Waals surface area contributed by atoms with E-state index in [1.54, 1.807) is 30.3 Å². The lowest BCUT2D eigenvalue weighted by Crippen LogP contribution is -2.22. The number of amides is 2. The van der Waals surface area contributed by atoms with E-state index < -0.39 is 24.4 Å². The number of carbonyl (C=O) groups excluding carboxylic acids is 3. The first-order chi connectivity index (χ1) is 13.4. The molecule has 0 aliphatic heterocycles. The summed E-state index contributed by atoms with van der Waals surface area (Å²) in [7, 11) is 3.03. The van der Waals surface area contributed by atoms with Crippen molar-refractivity contribution in [2.75, 3.05) is 26.1 Å². The number of rotatable bonds is 8. The third-order valence-corrected chi connectivity index (χ3v) is 3.65. The molecular weight excluding hydrogens is 364 g/mol. The molecule has 8 nitrogen and oxygen atoms in total. The molecular formula is C20H20N2O6. The molecule has 0 radical (unpaired) electrons. The number of anilines is 1. The van der Waals surface area contributed by atoms with Crippen LogP contribution in [0.3, 0.4) is 0 Å². The average molecular weight is 384 g/mol. The van der Waals surface area contributed by atoms with Crippen LogP contribution in [0.1, 0.15) is 15.9 Å². The Balaban J connectivity index is 1.95. The van der Waals surface area contributed by atoms with Crippen molar-refractivity contribution >= 4 is 29.5 Å². The first-order valence-electron chi connectivity index (χ1n) is 8.20. The van der Waals surface area contributed by atoms with Gasteiger partial charge in [0.25, 0.3) is 11.8 Å². The molecule has 8 heteroatoms. The number of primary amides is 1. The van der Waals surface area contributed by atoms with Crippen molar-refractivity contribution in [1.82, 2.24) is 0 Å². The Bertz CT molecular complexity index is 907. The second-order valence-electron chi connectivity index (χ2n) is 5.51. The van der Waals surface area contributed by atoms with Crippen molar-refractivity contribution in [3.8, 4) is 11.5 Å². The molecule has 0 spiro atoms. The van der Waals surface area contributed by atoms with E-state index in [4.69, 9.17) is 19.9 Å². The third-order valence-electron chi connectivity index (χ3n) is 3.65. The van der Waals surface area contributed by atoms with Crippen molar-refractivity contribution < 1.29 is 28.6 Å². The van der Waals surface area contributed by atoms with E-state index in [0.29, 0.717) is 17.1 Å². The molecule has 2 aromatic rings. The Morgan fingerprint density at radius 3 is 2.50 bits per heavy atom. The molecule has 0 saturated carbocycles. The highest BCUT2D eigenvalue weighted by Crippen LogP contribution is 2.25. The van der Waals surface area contributed by atoms with Crippen LogP contribution in [0.4, 0.5) is 5.69 Å². The van der Waals surface area contributed by atoms with Crippen LogP contribution in [0.25, 0.3) is 6.08 Å². The van der Waals surface area contributed by atoms with Crippen molar-refractivity contribution in [1.29, 1.82) is 0 Å². The highest BCUT2D eigenvalue weighted by molar-refractivity contribution is 6.03. The molecule has 146 valence electrons. The smallest absolute Gasteiger partial charge is 0.331 e. The Morgan fingerprint density at radius 1 is 1.07 bits per heavy atom. The number of methoxy groups -OCH3 is 2. The summed E-state index contributed by atoms with van der Waals surface area (Å²) in [6.07, 6.45) is 2.66. The molecule has 2 rings (SSSR count). The summed E-state index contributed by atoms with van der Waals surface area (Å²) in [5.74, 6) is -0.854. The van der Waals surface area contributed by atoms with E-state index in [1.807, 2.05) is 0 Å². The van der Waals surface area contributed by atoms with Gasteiger partial charge >= 0.3 is 5.97 Å². The predicted octanol–water partition coefficient (Wildman–Crippen LogP) is 2.00. The molecule has 2 amide bonds. The fraction of sp³-hybridized carbons (Fsp3) is 0.150. The summed E-state index contributed by atoms with van der Waals surface area (Å²) in [4.78, 5) is 35.2. The molecule has 0 aromatic heterocycles. The van der Waals surface area contributed by atoms with Gasteiger partial charge in [0.1, 0.15) is 11.5 Å². The zero-order valence-electron chi connectivity index (χ0n) is 15.4. The standard InChI is InChI=1S/C20H20N2O6/c1-26-14-8-9-17(27-2)13(11-14)7-10-19(24)28-12-18(23)22-16-6-4-3-5-15(16)20(21)25/h3-11H,12H2,1-2H3,(H2,21,25)(H,22,23)/b10-7+. The first-order valence-corrected chi connectivity index (χ1v) is 8.20. The molecule has 0 unspecified atom stereocenters. The molecule has 0 aliphatic rings. The van der Waals surface area contributed by atoms with Crippen LogP contribution in [-0.4, -0.2) is 38.6 Å². The quantitative estimate of drug-likeness (QED) is 0.531. The van der Waals surface area contributed by atoms with E-state index in [2.05, 4.69) is 5.32 Å². The van der Waals surface area contributed by atoms with E-state index in [0.717, 1.165) is 0 Å². The summed E-state index contributed by atoms with van der Waals surface area (Å²) in [5, 5.41) is 2.48. The summed E-state index contributed by atoms with van der Waals surface area (Å²) >= 11 is 0. The lowest BCUT2D eigenvalue weighted by atomic mass is 10.1. The van der Waals surface area contributed by atoms with Crippen LogP contribution >= 0.6 is 0 Å². The van der Waals surface area contributed by atoms with Gasteiger partial charge in [-0.15, -0.1) is 0 Å². The van der Waals surface area contributed by atoms with Gasteiger partial charge in [0.15, 0.2) is 6.61 Å². The monoisotopic (exact) mass is 384 g/mol. The second-order valence-corrected chi connectivity index (χ2v) is 5.51. The maximum Gasteiger partial charge on any atom is 0.331 e. The topological polar surface area (TPSA) is 117 Å². The number of carbonyl (C=O) groups is 3. The Labute approximate surface area is 161 Å². The van der Waals surface area contributed by atoms with Gasteiger partial charge in [-0.3, -0.25) is 9.59 Å². The van der Waals surface area contributed by atoms with Crippen LogP contribution in [-0.2, 0) is 14.3 Å². The van der Waals surface area contributed by atoms with Crippen LogP contribution in [0.5, 0.6) is 11.5 Å². The van der Waals surface area contributed by atoms with Crippen molar-refractivity contribution in [2.45, 2.75) is 0 Å². The minimum Gasteiger partial charge on any atom is -0.497 e. The molecule has 28 heavy (non-hydrogen) atoms. The molecule has 0 saturated heterocycles. The van der Waals surface area contributed by atoms with Gasteiger partial charge in [-0.05, 0) is 36.4 Å². The summed E-state index contributed by atoms with van der Waals surface area (Å²) in [6, 6.07) is 11.4. The van der Waals surface area contributed by atoms with Gasteiger partial charge in [0, 0.05) is 11.6 Å². The Hall–Kier alpha value is -3.81. The number of benzene rings is 2. The lowest BCUT2D eigenvalue weighted by molar-refractivity contribution is -0.142. The molecule has 0 bridgehead atoms. The van der Waals surface area contributed by atoms with E-state index >= 15 is 0 Å². The fourth-order valence-corrected chi connectivity index (χ4v) is 2.31. The SMILES string of the molecule is COc1ccc(OC)c(/C=C/C(=O)OCC(=O)Nc2ccccc2C(N)=O)c1. The van der Waals surface area contributed by atoms with E-state index in [9.17, 15) is 14.4 Å². The lowest BCUT2D eigenvalue weighted by Gasteiger charge is -2.09. The summed E-state index contributed by atoms with van der Waals surface area (Å²) in [5.41, 5.74) is 6.26. The van der Waals surface area contributed by atoms with Crippen molar-refractivity contribution in [2.24, 2.45) is 5.73 Å². The highest BCUT2D eigenvalue weighted by atomic mass is 16.5. The largest absolute Gasteiger partial charge is 0.497 e. The molecule has 2 aromatic carbocycles. The number of para-hydroxylation sites is 1. The van der Waals surface area contributed by atoms with E-state index in [1.165, 1.54) is 38.5 Å². The van der Waals surface area contributed by atoms with Gasteiger partial charge in [-0.1, -0.05) is 12.1 Å². The number of hydrogen-bond donors (Lipinski definition) is 2. The van der Waals surface area contributed by atoms with Gasteiger partial charge in [0.2, 0.25) is 0 Å². The third kappa shape index (κ3) is 5.60. The van der Waals surface area contributed by atoms with Gasteiger partial charge in [0.05, 0.1) is 25.5 Å². The van der Waals surface area contributed by atoms with Gasteiger partial charge in [-0.2, -0.15) is 0 Å². The normalized spacial score (nSPS) is 10.4. The van der Waals surface area contributed by atoms with E-state index in [-0.39, 0.29) is 11.3 Å². The van der Waals surface area contributed by atoms with Crippen LogP contribution < -0.4 is 20.5 Å². The van der Waals surface area contributed by atoms with Crippen LogP contribution in [0, 0.1) is 0 Å². The molecule has 0 aliphatic carbocycles. The number of nitrogens with one attached hydrogen (secondary N) is 1. The molecule has 0 atom stereocenters. The highest BCUT2D eigenvalue weighted by Gasteiger charge is 2.11. The fourth-order valence-electron chi connectivity index (χ4n) is 2.31. The average Bonchev–Trinajstić information content (AvgIpc) is 2.70. The Morgan fingerprint density at radius 2 is 1.82 bits per heavy atom. The zero-order chi connectivity index (χ0) is 20.5. The predicted molar refractivity (Wildman–Crippen MR) is 103 cm³/mol. The molecule has 0 heterocycles. The molecule has 0 fully saturated rings. The number of hydrogen-bond acceptors (Lipinski definition) is 6. The Kier molecular flexibility index (Phi) is 7.15. The number of esters is 1. The van der Waals surface area contributed by atoms with Crippen molar-refractivity contribution in [3.63, 3.8) is 0 Å². The van der Waals surface area contributed by atoms with Crippen LogP contribution in [0.15, 0.2) is 48.5 Å². The van der Waals surface area contributed by atoms with Crippen LogP contribution in [0.2, 0.25) is 0 Å². The summed E-state index contributed by atoms with van der Waals surface area (Å²) in [6.45, 7) is -0.522. The molecule has 3 N–H and O–H groups in total. The number of ether oxygens (including phenoxy) is 3. The minimum atomic E-state index is -0.719. The minimum absolute atomic E-state index is 0.159.